The number of esters is 1. The van der Waals surface area contributed by atoms with Crippen molar-refractivity contribution in [3.05, 3.63) is 88.5 Å². The number of nitrogens with zero attached hydrogens (tertiary/aromatic N) is 2. The van der Waals surface area contributed by atoms with Crippen LogP contribution in [-0.2, 0) is 19.1 Å². The van der Waals surface area contributed by atoms with Crippen LogP contribution in [0.25, 0.3) is 6.08 Å². The Morgan fingerprint density at radius 1 is 1.15 bits per heavy atom. The van der Waals surface area contributed by atoms with Crippen molar-refractivity contribution in [1.29, 1.82) is 0 Å². The van der Waals surface area contributed by atoms with E-state index in [1.165, 1.54) is 11.8 Å². The average Bonchev–Trinajstić information content (AvgIpc) is 3.26. The molecule has 8 nitrogen and oxygen atoms in total. The van der Waals surface area contributed by atoms with Crippen molar-refractivity contribution in [2.45, 2.75) is 25.4 Å². The van der Waals surface area contributed by atoms with Crippen LogP contribution in [0.1, 0.15) is 31.0 Å². The average molecular weight is 548 g/mol. The molecule has 2 aromatic rings. The highest BCUT2D eigenvalue weighted by molar-refractivity contribution is 8.05. The van der Waals surface area contributed by atoms with Crippen LogP contribution in [0.15, 0.2) is 77.4 Å². The lowest BCUT2D eigenvalue weighted by molar-refractivity contribution is -0.140. The Morgan fingerprint density at radius 3 is 2.54 bits per heavy atom. The van der Waals surface area contributed by atoms with Gasteiger partial charge >= 0.3 is 5.97 Å². The molecule has 2 fully saturated rings. The van der Waals surface area contributed by atoms with Crippen molar-refractivity contribution < 1.29 is 23.8 Å². The molecular weight excluding hydrogens is 514 g/mol. The molecule has 39 heavy (non-hydrogen) atoms. The second-order valence-corrected chi connectivity index (χ2v) is 10.5. The van der Waals surface area contributed by atoms with Crippen LogP contribution in [0.2, 0.25) is 0 Å². The van der Waals surface area contributed by atoms with Gasteiger partial charge in [-0.15, -0.1) is 0 Å². The Labute approximate surface area is 233 Å². The van der Waals surface area contributed by atoms with Gasteiger partial charge in [0.25, 0.3) is 5.91 Å². The first-order valence-electron chi connectivity index (χ1n) is 13.1. The van der Waals surface area contributed by atoms with Gasteiger partial charge in [0.2, 0.25) is 0 Å². The van der Waals surface area contributed by atoms with Crippen molar-refractivity contribution in [3.8, 4) is 5.75 Å². The van der Waals surface area contributed by atoms with Crippen LogP contribution < -0.4 is 15.0 Å². The van der Waals surface area contributed by atoms with Crippen molar-refractivity contribution in [1.82, 2.24) is 10.2 Å². The normalized spacial score (nSPS) is 22.0. The second kappa shape index (κ2) is 12.0. The molecule has 0 bridgehead atoms. The largest absolute Gasteiger partial charge is 0.490 e. The molecule has 2 unspecified atom stereocenters. The molecule has 0 aliphatic carbocycles. The van der Waals surface area contributed by atoms with Crippen molar-refractivity contribution >= 4 is 35.4 Å². The molecule has 1 N–H and O–H groups in total. The Morgan fingerprint density at radius 2 is 1.87 bits per heavy atom. The summed E-state index contributed by atoms with van der Waals surface area (Å²) in [4.78, 5) is 31.6. The Kier molecular flexibility index (Phi) is 8.28. The third-order valence-electron chi connectivity index (χ3n) is 6.86. The SMILES string of the molecule is C=CCOc1ccc(C2C(C(=O)OCC)=C(C)NC3S/C(=C\c4ccc(N5CCOCC5)cc4)C(=O)N32)cc1. The predicted octanol–water partition coefficient (Wildman–Crippen LogP) is 4.47. The topological polar surface area (TPSA) is 80.3 Å². The van der Waals surface area contributed by atoms with E-state index in [1.54, 1.807) is 17.9 Å². The van der Waals surface area contributed by atoms with Crippen LogP contribution in [0.3, 0.4) is 0 Å². The van der Waals surface area contributed by atoms with Crippen molar-refractivity contribution in [2.24, 2.45) is 0 Å². The van der Waals surface area contributed by atoms with Gasteiger partial charge in [0.15, 0.2) is 5.50 Å². The van der Waals surface area contributed by atoms with Gasteiger partial charge in [0.05, 0.1) is 36.3 Å². The first kappa shape index (κ1) is 26.9. The molecule has 9 heteroatoms. The summed E-state index contributed by atoms with van der Waals surface area (Å²) in [6.07, 6.45) is 3.60. The van der Waals surface area contributed by atoms with E-state index in [9.17, 15) is 9.59 Å². The number of hydrogen-bond donors (Lipinski definition) is 1. The summed E-state index contributed by atoms with van der Waals surface area (Å²) in [7, 11) is 0. The van der Waals surface area contributed by atoms with Crippen molar-refractivity contribution in [2.75, 3.05) is 44.4 Å². The van der Waals surface area contributed by atoms with Crippen LogP contribution in [0.4, 0.5) is 5.69 Å². The maximum atomic E-state index is 13.8. The summed E-state index contributed by atoms with van der Waals surface area (Å²) in [5, 5.41) is 3.36. The lowest BCUT2D eigenvalue weighted by Gasteiger charge is -2.39. The number of ether oxygens (including phenoxy) is 3. The monoisotopic (exact) mass is 547 g/mol. The molecule has 2 saturated heterocycles. The number of rotatable bonds is 8. The summed E-state index contributed by atoms with van der Waals surface area (Å²) in [6.45, 7) is 11.1. The number of anilines is 1. The van der Waals surface area contributed by atoms with Crippen LogP contribution in [-0.4, -0.2) is 61.8 Å². The number of benzene rings is 2. The van der Waals surface area contributed by atoms with Crippen molar-refractivity contribution in [3.63, 3.8) is 0 Å². The van der Waals surface area contributed by atoms with E-state index in [-0.39, 0.29) is 18.0 Å². The van der Waals surface area contributed by atoms with Gasteiger partial charge in [-0.2, -0.15) is 0 Å². The molecule has 5 rings (SSSR count). The van der Waals surface area contributed by atoms with Gasteiger partial charge in [-0.25, -0.2) is 4.79 Å². The zero-order valence-corrected chi connectivity index (χ0v) is 23.0. The van der Waals surface area contributed by atoms with E-state index in [2.05, 4.69) is 28.9 Å². The lowest BCUT2D eigenvalue weighted by atomic mass is 9.93. The molecule has 0 spiro atoms. The maximum Gasteiger partial charge on any atom is 0.338 e. The minimum atomic E-state index is -0.599. The van der Waals surface area contributed by atoms with Crippen LogP contribution in [0.5, 0.6) is 5.75 Å². The first-order chi connectivity index (χ1) is 19.0. The third-order valence-corrected chi connectivity index (χ3v) is 7.97. The van der Waals surface area contributed by atoms with Gasteiger partial charge in [-0.05, 0) is 55.3 Å². The number of fused-ring (bicyclic) bond motifs is 1. The summed E-state index contributed by atoms with van der Waals surface area (Å²) in [5.41, 5.74) is 3.67. The zero-order valence-electron chi connectivity index (χ0n) is 22.2. The van der Waals surface area contributed by atoms with E-state index >= 15 is 0 Å². The number of carbonyl (C=O) groups is 2. The maximum absolute atomic E-state index is 13.8. The van der Waals surface area contributed by atoms with E-state index < -0.39 is 12.0 Å². The molecule has 0 saturated carbocycles. The number of amides is 1. The number of morpholine rings is 1. The van der Waals surface area contributed by atoms with E-state index in [1.807, 2.05) is 49.4 Å². The second-order valence-electron chi connectivity index (χ2n) is 9.36. The van der Waals surface area contributed by atoms with Gasteiger partial charge < -0.3 is 24.4 Å². The fourth-order valence-corrected chi connectivity index (χ4v) is 6.19. The number of nitrogens with one attached hydrogen (secondary N) is 1. The highest BCUT2D eigenvalue weighted by Crippen LogP contribution is 2.46. The summed E-state index contributed by atoms with van der Waals surface area (Å²) < 4.78 is 16.5. The van der Waals surface area contributed by atoms with E-state index in [4.69, 9.17) is 14.2 Å². The Bertz CT molecular complexity index is 1280. The summed E-state index contributed by atoms with van der Waals surface area (Å²) in [5.74, 6) is 0.110. The molecule has 0 radical (unpaired) electrons. The predicted molar refractivity (Wildman–Crippen MR) is 153 cm³/mol. The van der Waals surface area contributed by atoms with Crippen LogP contribution in [0, 0.1) is 0 Å². The smallest absolute Gasteiger partial charge is 0.338 e. The van der Waals surface area contributed by atoms with Crippen LogP contribution >= 0.6 is 11.8 Å². The summed E-state index contributed by atoms with van der Waals surface area (Å²) >= 11 is 1.45. The van der Waals surface area contributed by atoms with E-state index in [0.717, 1.165) is 43.1 Å². The summed E-state index contributed by atoms with van der Waals surface area (Å²) in [6, 6.07) is 15.1. The fourth-order valence-electron chi connectivity index (χ4n) is 4.97. The molecule has 3 aliphatic heterocycles. The lowest BCUT2D eigenvalue weighted by Crippen LogP contribution is -2.49. The number of thioether (sulfide) groups is 1. The molecule has 1 amide bonds. The fraction of sp³-hybridized carbons (Fsp3) is 0.333. The number of hydrogen-bond acceptors (Lipinski definition) is 8. The molecular formula is C30H33N3O5S. The quantitative estimate of drug-likeness (QED) is 0.295. The van der Waals surface area contributed by atoms with Gasteiger partial charge in [-0.3, -0.25) is 9.69 Å². The molecule has 2 aromatic carbocycles. The Hall–Kier alpha value is -3.69. The molecule has 3 heterocycles. The highest BCUT2D eigenvalue weighted by Gasteiger charge is 2.47. The molecule has 204 valence electrons. The molecule has 2 atom stereocenters. The van der Waals surface area contributed by atoms with E-state index in [0.29, 0.717) is 28.5 Å². The third kappa shape index (κ3) is 5.69. The molecule has 0 aromatic heterocycles. The minimum absolute atomic E-state index is 0.138. The highest BCUT2D eigenvalue weighted by atomic mass is 32.2. The molecule has 3 aliphatic rings. The first-order valence-corrected chi connectivity index (χ1v) is 14.0. The van der Waals surface area contributed by atoms with Gasteiger partial charge in [-0.1, -0.05) is 48.7 Å². The standard InChI is InChI=1S/C30H33N3O5S/c1-4-16-38-24-12-8-22(9-13-24)27-26(29(35)37-5-2)20(3)31-30-33(27)28(34)25(39-30)19-21-6-10-23(11-7-21)32-14-17-36-18-15-32/h4,6-13,19,27,30-31H,1,5,14-18H2,2-3H3/b25-19-. The Balaban J connectivity index is 1.44. The van der Waals surface area contributed by atoms with Gasteiger partial charge in [0, 0.05) is 24.5 Å². The number of allylic oxidation sites excluding steroid dienone is 1. The zero-order chi connectivity index (χ0) is 27.4. The minimum Gasteiger partial charge on any atom is -0.490 e. The van der Waals surface area contributed by atoms with Gasteiger partial charge in [0.1, 0.15) is 12.4 Å². The number of carbonyl (C=O) groups excluding carboxylic acids is 2.